The van der Waals surface area contributed by atoms with Gasteiger partial charge in [0.25, 0.3) is 0 Å². The highest BCUT2D eigenvalue weighted by Crippen LogP contribution is 2.18. The second kappa shape index (κ2) is 6.83. The molecule has 0 radical (unpaired) electrons. The van der Waals surface area contributed by atoms with E-state index < -0.39 is 0 Å². The minimum absolute atomic E-state index is 0.676. The zero-order valence-electron chi connectivity index (χ0n) is 12.3. The predicted molar refractivity (Wildman–Crippen MR) is 81.6 cm³/mol. The van der Waals surface area contributed by atoms with Crippen molar-refractivity contribution in [3.8, 4) is 11.4 Å². The lowest BCUT2D eigenvalue weighted by Crippen LogP contribution is -2.18. The quantitative estimate of drug-likeness (QED) is 0.882. The molecule has 5 heteroatoms. The van der Waals surface area contributed by atoms with E-state index in [1.54, 1.807) is 0 Å². The summed E-state index contributed by atoms with van der Waals surface area (Å²) in [6, 6.07) is 8.33. The first-order chi connectivity index (χ1) is 10.3. The summed E-state index contributed by atoms with van der Waals surface area (Å²) >= 11 is 0. The first-order valence-corrected chi connectivity index (χ1v) is 7.69. The molecule has 21 heavy (non-hydrogen) atoms. The van der Waals surface area contributed by atoms with E-state index in [4.69, 9.17) is 10.3 Å². The molecule has 1 aliphatic rings. The second-order valence-corrected chi connectivity index (χ2v) is 5.58. The third kappa shape index (κ3) is 3.68. The van der Waals surface area contributed by atoms with Crippen molar-refractivity contribution < 1.29 is 4.52 Å². The molecule has 1 saturated heterocycles. The van der Waals surface area contributed by atoms with Crippen LogP contribution in [0.1, 0.15) is 30.7 Å². The van der Waals surface area contributed by atoms with E-state index in [2.05, 4.69) is 39.3 Å². The normalized spacial score (nSPS) is 15.7. The summed E-state index contributed by atoms with van der Waals surface area (Å²) in [5.41, 5.74) is 7.83. The Hall–Kier alpha value is -1.72. The molecular weight excluding hydrogens is 264 g/mol. The Morgan fingerprint density at radius 1 is 1.14 bits per heavy atom. The number of hydrogen-bond donors (Lipinski definition) is 1. The fourth-order valence-electron chi connectivity index (χ4n) is 2.70. The van der Waals surface area contributed by atoms with Gasteiger partial charge in [0, 0.05) is 5.56 Å². The molecule has 3 rings (SSSR count). The SMILES string of the molecule is NCCCc1ccc(-c2noc(CN3CCCC3)n2)cc1. The molecule has 0 aliphatic carbocycles. The molecule has 2 heterocycles. The van der Waals surface area contributed by atoms with E-state index in [0.717, 1.165) is 44.6 Å². The number of aryl methyl sites for hydroxylation is 1. The Kier molecular flexibility index (Phi) is 4.62. The van der Waals surface area contributed by atoms with Crippen LogP contribution in [0.15, 0.2) is 28.8 Å². The molecule has 1 aliphatic heterocycles. The average Bonchev–Trinajstić information content (AvgIpc) is 3.18. The van der Waals surface area contributed by atoms with E-state index >= 15 is 0 Å². The van der Waals surface area contributed by atoms with E-state index in [-0.39, 0.29) is 0 Å². The summed E-state index contributed by atoms with van der Waals surface area (Å²) in [5, 5.41) is 4.09. The molecular formula is C16H22N4O. The number of likely N-dealkylation sites (tertiary alicyclic amines) is 1. The van der Waals surface area contributed by atoms with Crippen molar-refractivity contribution in [2.45, 2.75) is 32.2 Å². The van der Waals surface area contributed by atoms with Crippen LogP contribution < -0.4 is 5.73 Å². The monoisotopic (exact) mass is 286 g/mol. The van der Waals surface area contributed by atoms with Crippen LogP contribution in [-0.2, 0) is 13.0 Å². The van der Waals surface area contributed by atoms with Crippen LogP contribution >= 0.6 is 0 Å². The number of hydrogen-bond acceptors (Lipinski definition) is 5. The van der Waals surface area contributed by atoms with Gasteiger partial charge in [-0.3, -0.25) is 4.90 Å². The Bertz CT molecular complexity index is 558. The molecule has 2 N–H and O–H groups in total. The Labute approximate surface area is 125 Å². The van der Waals surface area contributed by atoms with Crippen LogP contribution in [0.5, 0.6) is 0 Å². The minimum Gasteiger partial charge on any atom is -0.338 e. The first kappa shape index (κ1) is 14.2. The van der Waals surface area contributed by atoms with Gasteiger partial charge in [-0.05, 0) is 50.9 Å². The summed E-state index contributed by atoms with van der Waals surface area (Å²) in [5.74, 6) is 1.38. The maximum absolute atomic E-state index is 5.53. The molecule has 5 nitrogen and oxygen atoms in total. The van der Waals surface area contributed by atoms with Crippen molar-refractivity contribution in [3.63, 3.8) is 0 Å². The highest BCUT2D eigenvalue weighted by Gasteiger charge is 2.16. The van der Waals surface area contributed by atoms with E-state index in [1.165, 1.54) is 18.4 Å². The molecule has 1 aromatic carbocycles. The van der Waals surface area contributed by atoms with Gasteiger partial charge in [0.15, 0.2) is 0 Å². The third-order valence-electron chi connectivity index (χ3n) is 3.91. The number of benzene rings is 1. The second-order valence-electron chi connectivity index (χ2n) is 5.58. The minimum atomic E-state index is 0.676. The van der Waals surface area contributed by atoms with Crippen LogP contribution in [0.3, 0.4) is 0 Å². The van der Waals surface area contributed by atoms with Crippen molar-refractivity contribution in [3.05, 3.63) is 35.7 Å². The standard InChI is InChI=1S/C16H22N4O/c17-9-3-4-13-5-7-14(8-6-13)16-18-15(21-19-16)12-20-10-1-2-11-20/h5-8H,1-4,9-12,17H2. The fraction of sp³-hybridized carbons (Fsp3) is 0.500. The van der Waals surface area contributed by atoms with Crippen molar-refractivity contribution >= 4 is 0 Å². The Morgan fingerprint density at radius 3 is 2.62 bits per heavy atom. The summed E-state index contributed by atoms with van der Waals surface area (Å²) < 4.78 is 5.36. The number of aromatic nitrogens is 2. The zero-order valence-corrected chi connectivity index (χ0v) is 12.3. The van der Waals surface area contributed by atoms with Gasteiger partial charge in [-0.2, -0.15) is 4.98 Å². The topological polar surface area (TPSA) is 68.2 Å². The van der Waals surface area contributed by atoms with Gasteiger partial charge in [0.05, 0.1) is 6.54 Å². The van der Waals surface area contributed by atoms with Gasteiger partial charge >= 0.3 is 0 Å². The summed E-state index contributed by atoms with van der Waals surface area (Å²) in [4.78, 5) is 6.85. The molecule has 0 amide bonds. The van der Waals surface area contributed by atoms with E-state index in [1.807, 2.05) is 0 Å². The van der Waals surface area contributed by atoms with Crippen molar-refractivity contribution in [2.75, 3.05) is 19.6 Å². The third-order valence-corrected chi connectivity index (χ3v) is 3.91. The van der Waals surface area contributed by atoms with Crippen molar-refractivity contribution in [1.29, 1.82) is 0 Å². The number of nitrogens with two attached hydrogens (primary N) is 1. The lowest BCUT2D eigenvalue weighted by Gasteiger charge is -2.09. The smallest absolute Gasteiger partial charge is 0.241 e. The maximum Gasteiger partial charge on any atom is 0.241 e. The lowest BCUT2D eigenvalue weighted by molar-refractivity contribution is 0.268. The molecule has 1 aromatic heterocycles. The Balaban J connectivity index is 1.64. The van der Waals surface area contributed by atoms with Crippen LogP contribution in [-0.4, -0.2) is 34.7 Å². The Morgan fingerprint density at radius 2 is 1.90 bits per heavy atom. The van der Waals surface area contributed by atoms with Crippen molar-refractivity contribution in [1.82, 2.24) is 15.0 Å². The van der Waals surface area contributed by atoms with Gasteiger partial charge < -0.3 is 10.3 Å². The summed E-state index contributed by atoms with van der Waals surface area (Å²) in [6.07, 6.45) is 4.57. The van der Waals surface area contributed by atoms with Gasteiger partial charge in [-0.25, -0.2) is 0 Å². The summed E-state index contributed by atoms with van der Waals surface area (Å²) in [6.45, 7) is 3.76. The van der Waals surface area contributed by atoms with Gasteiger partial charge in [-0.15, -0.1) is 0 Å². The number of rotatable bonds is 6. The first-order valence-electron chi connectivity index (χ1n) is 7.69. The number of nitrogens with zero attached hydrogens (tertiary/aromatic N) is 3. The van der Waals surface area contributed by atoms with Crippen LogP contribution in [0.4, 0.5) is 0 Å². The molecule has 0 bridgehead atoms. The highest BCUT2D eigenvalue weighted by molar-refractivity contribution is 5.54. The molecule has 0 saturated carbocycles. The van der Waals surface area contributed by atoms with Gasteiger partial charge in [0.1, 0.15) is 0 Å². The highest BCUT2D eigenvalue weighted by atomic mass is 16.5. The average molecular weight is 286 g/mol. The van der Waals surface area contributed by atoms with Crippen LogP contribution in [0.25, 0.3) is 11.4 Å². The zero-order chi connectivity index (χ0) is 14.5. The largest absolute Gasteiger partial charge is 0.338 e. The summed E-state index contributed by atoms with van der Waals surface area (Å²) in [7, 11) is 0. The molecule has 0 atom stereocenters. The van der Waals surface area contributed by atoms with E-state index in [0.29, 0.717) is 11.7 Å². The van der Waals surface area contributed by atoms with Crippen LogP contribution in [0, 0.1) is 0 Å². The molecule has 0 spiro atoms. The van der Waals surface area contributed by atoms with Gasteiger partial charge in [-0.1, -0.05) is 29.4 Å². The van der Waals surface area contributed by atoms with Crippen molar-refractivity contribution in [2.24, 2.45) is 5.73 Å². The molecule has 1 fully saturated rings. The molecule has 2 aromatic rings. The maximum atomic E-state index is 5.53. The van der Waals surface area contributed by atoms with E-state index in [9.17, 15) is 0 Å². The fourth-order valence-corrected chi connectivity index (χ4v) is 2.70. The lowest BCUT2D eigenvalue weighted by atomic mass is 10.1. The molecule has 112 valence electrons. The predicted octanol–water partition coefficient (Wildman–Crippen LogP) is 2.22. The van der Waals surface area contributed by atoms with Crippen LogP contribution in [0.2, 0.25) is 0 Å². The van der Waals surface area contributed by atoms with Gasteiger partial charge in [0.2, 0.25) is 11.7 Å². The molecule has 0 unspecified atom stereocenters.